The van der Waals surface area contributed by atoms with Gasteiger partial charge in [0.1, 0.15) is 17.3 Å². The molecule has 0 saturated carbocycles. The smallest absolute Gasteiger partial charge is 0.338 e. The van der Waals surface area contributed by atoms with Crippen molar-refractivity contribution in [2.75, 3.05) is 5.32 Å². The molecule has 0 atom stereocenters. The molecule has 0 aliphatic carbocycles. The largest absolute Gasteiger partial charge is 0.478 e. The van der Waals surface area contributed by atoms with Crippen molar-refractivity contribution in [2.45, 2.75) is 20.8 Å². The number of rotatable bonds is 3. The molecular weight excluding hydrogens is 277 g/mol. The van der Waals surface area contributed by atoms with Crippen LogP contribution in [-0.4, -0.2) is 17.0 Å². The fourth-order valence-electron chi connectivity index (χ4n) is 2.09. The number of carbonyl (C=O) groups excluding carboxylic acids is 1. The number of furan rings is 1. The lowest BCUT2D eigenvalue weighted by Gasteiger charge is -2.07. The van der Waals surface area contributed by atoms with Crippen LogP contribution in [0, 0.1) is 26.6 Å². The van der Waals surface area contributed by atoms with Gasteiger partial charge < -0.3 is 14.8 Å². The number of anilines is 1. The van der Waals surface area contributed by atoms with Crippen molar-refractivity contribution in [3.05, 3.63) is 52.2 Å². The highest BCUT2D eigenvalue weighted by molar-refractivity contribution is 6.06. The second-order valence-electron chi connectivity index (χ2n) is 4.67. The lowest BCUT2D eigenvalue weighted by atomic mass is 10.1. The van der Waals surface area contributed by atoms with E-state index in [9.17, 15) is 14.0 Å². The summed E-state index contributed by atoms with van der Waals surface area (Å²) in [5.74, 6) is -1.56. The van der Waals surface area contributed by atoms with Gasteiger partial charge in [-0.2, -0.15) is 0 Å². The third-order valence-corrected chi connectivity index (χ3v) is 3.24. The maximum atomic E-state index is 13.3. The Kier molecular flexibility index (Phi) is 3.80. The summed E-state index contributed by atoms with van der Waals surface area (Å²) in [7, 11) is 0. The molecule has 0 fully saturated rings. The van der Waals surface area contributed by atoms with Crippen LogP contribution in [0.4, 0.5) is 10.1 Å². The molecule has 1 heterocycles. The lowest BCUT2D eigenvalue weighted by Crippen LogP contribution is -2.14. The molecule has 2 N–H and O–H groups in total. The summed E-state index contributed by atoms with van der Waals surface area (Å²) in [6.45, 7) is 5.18. The van der Waals surface area contributed by atoms with Crippen LogP contribution in [0.1, 0.15) is 37.8 Å². The Morgan fingerprint density at radius 1 is 1.19 bits per heavy atom. The van der Waals surface area contributed by atoms with E-state index in [4.69, 9.17) is 9.52 Å². The molecule has 1 amide bonds. The second-order valence-corrected chi connectivity index (χ2v) is 4.67. The number of benzene rings is 1. The van der Waals surface area contributed by atoms with Crippen molar-refractivity contribution in [1.82, 2.24) is 0 Å². The van der Waals surface area contributed by atoms with Crippen molar-refractivity contribution in [1.29, 1.82) is 0 Å². The number of carboxylic acids is 1. The molecule has 0 unspecified atom stereocenters. The van der Waals surface area contributed by atoms with Crippen LogP contribution < -0.4 is 5.32 Å². The van der Waals surface area contributed by atoms with E-state index in [2.05, 4.69) is 5.32 Å². The molecule has 2 aromatic rings. The van der Waals surface area contributed by atoms with Crippen molar-refractivity contribution in [2.24, 2.45) is 0 Å². The number of nitrogens with one attached hydrogen (secondary N) is 1. The minimum absolute atomic E-state index is 0.205. The van der Waals surface area contributed by atoms with E-state index in [-0.39, 0.29) is 5.69 Å². The lowest BCUT2D eigenvalue weighted by molar-refractivity contribution is 0.0691. The first-order valence-corrected chi connectivity index (χ1v) is 6.22. The Morgan fingerprint density at radius 2 is 1.86 bits per heavy atom. The zero-order chi connectivity index (χ0) is 15.7. The molecule has 0 radical (unpaired) electrons. The Hall–Kier alpha value is -2.63. The monoisotopic (exact) mass is 291 g/mol. The first kappa shape index (κ1) is 14.8. The summed E-state index contributed by atoms with van der Waals surface area (Å²) < 4.78 is 18.7. The van der Waals surface area contributed by atoms with Crippen molar-refractivity contribution >= 4 is 17.6 Å². The zero-order valence-corrected chi connectivity index (χ0v) is 11.8. The minimum atomic E-state index is -1.39. The highest BCUT2D eigenvalue weighted by Gasteiger charge is 2.19. The number of hydrogen-bond donors (Lipinski definition) is 2. The average molecular weight is 291 g/mol. The van der Waals surface area contributed by atoms with Gasteiger partial charge in [0.15, 0.2) is 0 Å². The average Bonchev–Trinajstić information content (AvgIpc) is 2.65. The summed E-state index contributed by atoms with van der Waals surface area (Å²) in [6.07, 6.45) is 0. The molecule has 0 bridgehead atoms. The fraction of sp³-hybridized carbons (Fsp3) is 0.200. The Labute approximate surface area is 120 Å². The van der Waals surface area contributed by atoms with Gasteiger partial charge >= 0.3 is 5.97 Å². The van der Waals surface area contributed by atoms with Gasteiger partial charge in [-0.1, -0.05) is 0 Å². The normalized spacial score (nSPS) is 10.5. The summed E-state index contributed by atoms with van der Waals surface area (Å²) in [5, 5.41) is 11.4. The van der Waals surface area contributed by atoms with Crippen LogP contribution >= 0.6 is 0 Å². The van der Waals surface area contributed by atoms with Crippen molar-refractivity contribution in [3.63, 3.8) is 0 Å². The number of aromatic carboxylic acids is 1. The summed E-state index contributed by atoms with van der Waals surface area (Å²) in [4.78, 5) is 23.1. The second kappa shape index (κ2) is 5.40. The van der Waals surface area contributed by atoms with E-state index in [1.165, 1.54) is 6.07 Å². The van der Waals surface area contributed by atoms with Gasteiger partial charge in [0, 0.05) is 11.3 Å². The maximum absolute atomic E-state index is 13.3. The minimum Gasteiger partial charge on any atom is -0.478 e. The van der Waals surface area contributed by atoms with Crippen LogP contribution in [0.5, 0.6) is 0 Å². The van der Waals surface area contributed by atoms with Crippen molar-refractivity contribution < 1.29 is 23.5 Å². The Bertz CT molecular complexity index is 734. The summed E-state index contributed by atoms with van der Waals surface area (Å²) >= 11 is 0. The Balaban J connectivity index is 2.32. The van der Waals surface area contributed by atoms with Crippen LogP contribution in [0.2, 0.25) is 0 Å². The van der Waals surface area contributed by atoms with Gasteiger partial charge in [0.2, 0.25) is 0 Å². The van der Waals surface area contributed by atoms with Gasteiger partial charge in [-0.05, 0) is 39.0 Å². The Morgan fingerprint density at radius 3 is 2.38 bits per heavy atom. The molecule has 0 spiro atoms. The standard InChI is InChI=1S/C15H14FNO4/c1-7-8(2)21-9(3)13(7)14(18)17-10-4-5-12(16)11(6-10)15(19)20/h4-6H,1-3H3,(H,17,18)(H,19,20). The molecule has 0 aliphatic heterocycles. The first-order valence-electron chi connectivity index (χ1n) is 6.22. The maximum Gasteiger partial charge on any atom is 0.338 e. The van der Waals surface area contributed by atoms with Gasteiger partial charge in [-0.15, -0.1) is 0 Å². The van der Waals surface area contributed by atoms with E-state index in [0.717, 1.165) is 12.1 Å². The number of carboxylic acid groups (broad SMARTS) is 1. The molecular formula is C15H14FNO4. The third kappa shape index (κ3) is 2.79. The van der Waals surface area contributed by atoms with E-state index in [1.807, 2.05) is 0 Å². The van der Waals surface area contributed by atoms with Crippen LogP contribution in [-0.2, 0) is 0 Å². The summed E-state index contributed by atoms with van der Waals surface area (Å²) in [5.41, 5.74) is 0.820. The van der Waals surface area contributed by atoms with Gasteiger partial charge in [0.05, 0.1) is 11.1 Å². The van der Waals surface area contributed by atoms with E-state index < -0.39 is 23.3 Å². The molecule has 1 aromatic carbocycles. The van der Waals surface area contributed by atoms with Gasteiger partial charge in [-0.3, -0.25) is 4.79 Å². The molecule has 5 nitrogen and oxygen atoms in total. The third-order valence-electron chi connectivity index (χ3n) is 3.24. The predicted octanol–water partition coefficient (Wildman–Crippen LogP) is 3.29. The first-order chi connectivity index (χ1) is 9.81. The van der Waals surface area contributed by atoms with Gasteiger partial charge in [0.25, 0.3) is 5.91 Å². The number of amides is 1. The predicted molar refractivity (Wildman–Crippen MR) is 74.2 cm³/mol. The molecule has 6 heteroatoms. The number of halogens is 1. The fourth-order valence-corrected chi connectivity index (χ4v) is 2.09. The van der Waals surface area contributed by atoms with E-state index in [0.29, 0.717) is 22.6 Å². The molecule has 0 saturated heterocycles. The number of aryl methyl sites for hydroxylation is 2. The quantitative estimate of drug-likeness (QED) is 0.909. The van der Waals surface area contributed by atoms with E-state index in [1.54, 1.807) is 20.8 Å². The van der Waals surface area contributed by atoms with Crippen molar-refractivity contribution in [3.8, 4) is 0 Å². The SMILES string of the molecule is Cc1oc(C)c(C(=O)Nc2ccc(F)c(C(=O)O)c2)c1C. The molecule has 2 rings (SSSR count). The highest BCUT2D eigenvalue weighted by Crippen LogP contribution is 2.22. The highest BCUT2D eigenvalue weighted by atomic mass is 19.1. The van der Waals surface area contributed by atoms with Crippen LogP contribution in [0.3, 0.4) is 0 Å². The van der Waals surface area contributed by atoms with Crippen LogP contribution in [0.15, 0.2) is 22.6 Å². The van der Waals surface area contributed by atoms with E-state index >= 15 is 0 Å². The summed E-state index contributed by atoms with van der Waals surface area (Å²) in [6, 6.07) is 3.38. The zero-order valence-electron chi connectivity index (χ0n) is 11.8. The molecule has 21 heavy (non-hydrogen) atoms. The van der Waals surface area contributed by atoms with Gasteiger partial charge in [-0.25, -0.2) is 9.18 Å². The number of hydrogen-bond acceptors (Lipinski definition) is 3. The molecule has 1 aromatic heterocycles. The number of carbonyl (C=O) groups is 2. The van der Waals surface area contributed by atoms with Crippen LogP contribution in [0.25, 0.3) is 0 Å². The topological polar surface area (TPSA) is 79.5 Å². The molecule has 0 aliphatic rings. The molecule has 110 valence electrons.